The van der Waals surface area contributed by atoms with Crippen LogP contribution in [0.1, 0.15) is 58.9 Å². The van der Waals surface area contributed by atoms with E-state index in [1.165, 1.54) is 18.4 Å². The van der Waals surface area contributed by atoms with Crippen LogP contribution in [0.5, 0.6) is 5.75 Å². The summed E-state index contributed by atoms with van der Waals surface area (Å²) in [5.74, 6) is 1.44. The number of benzene rings is 1. The number of phenolic OH excluding ortho intramolecular Hbond substituents is 1. The Morgan fingerprint density at radius 3 is 2.27 bits per heavy atom. The van der Waals surface area contributed by atoms with Gasteiger partial charge >= 0.3 is 0 Å². The third-order valence-corrected chi connectivity index (χ3v) is 5.52. The maximum Gasteiger partial charge on any atom is 0.123 e. The molecule has 0 aliphatic heterocycles. The molecular formula is C24H34O2. The summed E-state index contributed by atoms with van der Waals surface area (Å²) in [6.07, 6.45) is 8.55. The molecule has 1 saturated carbocycles. The highest BCUT2D eigenvalue weighted by Gasteiger charge is 2.24. The fourth-order valence-corrected chi connectivity index (χ4v) is 3.84. The van der Waals surface area contributed by atoms with Gasteiger partial charge in [0.15, 0.2) is 0 Å². The number of hydrogen-bond donors (Lipinski definition) is 2. The number of phenols is 1. The highest BCUT2D eigenvalue weighted by Crippen LogP contribution is 2.35. The lowest BCUT2D eigenvalue weighted by Gasteiger charge is -2.30. The average molecular weight is 355 g/mol. The molecule has 0 amide bonds. The Morgan fingerprint density at radius 2 is 1.77 bits per heavy atom. The highest BCUT2D eigenvalue weighted by atomic mass is 16.3. The summed E-state index contributed by atoms with van der Waals surface area (Å²) in [5, 5.41) is 22.3. The largest absolute Gasteiger partial charge is 0.507 e. The van der Waals surface area contributed by atoms with Crippen molar-refractivity contribution in [3.63, 3.8) is 0 Å². The Kier molecular flexibility index (Phi) is 6.88. The molecule has 0 saturated heterocycles. The van der Waals surface area contributed by atoms with Gasteiger partial charge in [-0.25, -0.2) is 0 Å². The molecule has 1 aliphatic rings. The van der Waals surface area contributed by atoms with Crippen LogP contribution in [0.4, 0.5) is 0 Å². The molecule has 26 heavy (non-hydrogen) atoms. The Morgan fingerprint density at radius 1 is 1.15 bits per heavy atom. The molecule has 1 fully saturated rings. The predicted octanol–water partition coefficient (Wildman–Crippen LogP) is 4.36. The van der Waals surface area contributed by atoms with Crippen molar-refractivity contribution in [1.29, 1.82) is 0 Å². The number of aryl methyl sites for hydroxylation is 1. The van der Waals surface area contributed by atoms with Gasteiger partial charge in [-0.1, -0.05) is 50.1 Å². The lowest BCUT2D eigenvalue weighted by Crippen LogP contribution is -2.21. The predicted molar refractivity (Wildman–Crippen MR) is 111 cm³/mol. The Labute approximate surface area is 158 Å². The van der Waals surface area contributed by atoms with Crippen LogP contribution < -0.4 is 10.4 Å². The molecule has 2 rings (SSSR count). The maximum absolute atomic E-state index is 10.5. The zero-order valence-electron chi connectivity index (χ0n) is 17.0. The third kappa shape index (κ3) is 5.11. The fraction of sp³-hybridized carbons (Fsp3) is 0.500. The van der Waals surface area contributed by atoms with Gasteiger partial charge in [-0.3, -0.25) is 0 Å². The van der Waals surface area contributed by atoms with Gasteiger partial charge in [-0.2, -0.15) is 0 Å². The second kappa shape index (κ2) is 8.73. The molecular weight excluding hydrogens is 320 g/mol. The van der Waals surface area contributed by atoms with Gasteiger partial charge in [0.2, 0.25) is 0 Å². The molecule has 0 heterocycles. The Balaban J connectivity index is 2.62. The molecule has 1 aromatic carbocycles. The Hall–Kier alpha value is -1.80. The van der Waals surface area contributed by atoms with E-state index in [0.29, 0.717) is 11.1 Å². The summed E-state index contributed by atoms with van der Waals surface area (Å²) in [4.78, 5) is 0. The summed E-state index contributed by atoms with van der Waals surface area (Å²) in [7, 11) is 0. The molecule has 0 spiro atoms. The van der Waals surface area contributed by atoms with E-state index in [-0.39, 0.29) is 5.75 Å². The fourth-order valence-electron chi connectivity index (χ4n) is 3.84. The van der Waals surface area contributed by atoms with Crippen molar-refractivity contribution < 1.29 is 10.2 Å². The summed E-state index contributed by atoms with van der Waals surface area (Å²) in [5.41, 5.74) is 4.31. The van der Waals surface area contributed by atoms with E-state index in [1.54, 1.807) is 6.07 Å². The standard InChI is InChI=1S/C24H34O2/c1-15(2)11-21(22-12-17(4)18(5)24(26)14-22)13-23(19(6)25)20-9-7-16(3)8-10-20/h11-14,16,19-20,25-26H,5,7-10H2,1-4,6H3/b22-21-,23-13+. The van der Waals surface area contributed by atoms with Crippen molar-refractivity contribution in [2.24, 2.45) is 11.8 Å². The summed E-state index contributed by atoms with van der Waals surface area (Å²) in [6, 6.07) is 3.85. The van der Waals surface area contributed by atoms with Crippen LogP contribution in [0.15, 0.2) is 35.4 Å². The molecule has 1 aromatic rings. The zero-order chi connectivity index (χ0) is 19.4. The first-order valence-electron chi connectivity index (χ1n) is 9.76. The number of allylic oxidation sites excluding steroid dienone is 3. The van der Waals surface area contributed by atoms with Gasteiger partial charge in [0.25, 0.3) is 0 Å². The minimum Gasteiger partial charge on any atom is -0.507 e. The first kappa shape index (κ1) is 20.5. The normalized spacial score (nSPS) is 23.4. The van der Waals surface area contributed by atoms with Crippen molar-refractivity contribution in [2.75, 3.05) is 0 Å². The number of aliphatic hydroxyl groups is 1. The monoisotopic (exact) mass is 354 g/mol. The van der Waals surface area contributed by atoms with E-state index in [1.807, 2.05) is 13.8 Å². The van der Waals surface area contributed by atoms with Gasteiger partial charge in [0, 0.05) is 5.22 Å². The molecule has 0 bridgehead atoms. The van der Waals surface area contributed by atoms with Crippen molar-refractivity contribution in [2.45, 2.75) is 66.4 Å². The van der Waals surface area contributed by atoms with E-state index in [9.17, 15) is 10.2 Å². The van der Waals surface area contributed by atoms with Crippen molar-refractivity contribution >= 4 is 12.2 Å². The van der Waals surface area contributed by atoms with Crippen LogP contribution >= 0.6 is 0 Å². The SMILES string of the molecule is C=c1c(C)c/c(=C(C=C(C)C)/C=C(\C(C)O)C2CCC(C)CC2)cc1O. The second-order valence-electron chi connectivity index (χ2n) is 8.24. The third-order valence-electron chi connectivity index (χ3n) is 5.52. The van der Waals surface area contributed by atoms with E-state index >= 15 is 0 Å². The highest BCUT2D eigenvalue weighted by molar-refractivity contribution is 5.69. The lowest BCUT2D eigenvalue weighted by atomic mass is 9.77. The number of rotatable bonds is 4. The summed E-state index contributed by atoms with van der Waals surface area (Å²) < 4.78 is 0. The van der Waals surface area contributed by atoms with E-state index in [2.05, 4.69) is 45.6 Å². The van der Waals surface area contributed by atoms with Gasteiger partial charge in [0.1, 0.15) is 5.75 Å². The van der Waals surface area contributed by atoms with Crippen molar-refractivity contribution in [1.82, 2.24) is 0 Å². The topological polar surface area (TPSA) is 40.5 Å². The molecule has 0 radical (unpaired) electrons. The number of hydrogen-bond acceptors (Lipinski definition) is 2. The molecule has 2 heteroatoms. The smallest absolute Gasteiger partial charge is 0.123 e. The molecule has 1 atom stereocenters. The lowest BCUT2D eigenvalue weighted by molar-refractivity contribution is 0.199. The van der Waals surface area contributed by atoms with Crippen LogP contribution in [0.3, 0.4) is 0 Å². The van der Waals surface area contributed by atoms with Crippen LogP contribution in [0, 0.1) is 18.8 Å². The number of aromatic hydroxyl groups is 1. The molecule has 2 nitrogen and oxygen atoms in total. The summed E-state index contributed by atoms with van der Waals surface area (Å²) >= 11 is 0. The zero-order valence-corrected chi connectivity index (χ0v) is 17.0. The van der Waals surface area contributed by atoms with Gasteiger partial charge in [-0.15, -0.1) is 0 Å². The quantitative estimate of drug-likeness (QED) is 0.843. The average Bonchev–Trinajstić information content (AvgIpc) is 2.56. The first-order valence-corrected chi connectivity index (χ1v) is 9.76. The van der Waals surface area contributed by atoms with E-state index in [4.69, 9.17) is 0 Å². The van der Waals surface area contributed by atoms with E-state index < -0.39 is 6.10 Å². The van der Waals surface area contributed by atoms with Crippen LogP contribution in [0.2, 0.25) is 0 Å². The summed E-state index contributed by atoms with van der Waals surface area (Å²) in [6.45, 7) is 14.2. The van der Waals surface area contributed by atoms with Crippen molar-refractivity contribution in [3.05, 3.63) is 51.4 Å². The van der Waals surface area contributed by atoms with Crippen LogP contribution in [-0.2, 0) is 0 Å². The van der Waals surface area contributed by atoms with Crippen LogP contribution in [0.25, 0.3) is 12.2 Å². The van der Waals surface area contributed by atoms with E-state index in [0.717, 1.165) is 40.7 Å². The molecule has 1 unspecified atom stereocenters. The van der Waals surface area contributed by atoms with Crippen molar-refractivity contribution in [3.8, 4) is 5.75 Å². The van der Waals surface area contributed by atoms with Gasteiger partial charge in [-0.05, 0) is 80.4 Å². The molecule has 1 aliphatic carbocycles. The van der Waals surface area contributed by atoms with Gasteiger partial charge < -0.3 is 10.2 Å². The van der Waals surface area contributed by atoms with Crippen LogP contribution in [-0.4, -0.2) is 16.3 Å². The minimum absolute atomic E-state index is 0.221. The maximum atomic E-state index is 10.5. The molecule has 0 aromatic heterocycles. The molecule has 2 N–H and O–H groups in total. The second-order valence-corrected chi connectivity index (χ2v) is 8.24. The number of aliphatic hydroxyl groups excluding tert-OH is 1. The Bertz CT molecular complexity index is 770. The first-order chi connectivity index (χ1) is 12.2. The van der Waals surface area contributed by atoms with Gasteiger partial charge in [0.05, 0.1) is 6.10 Å². The molecule has 142 valence electrons. The minimum atomic E-state index is -0.462.